The first-order valence-corrected chi connectivity index (χ1v) is 16.6. The summed E-state index contributed by atoms with van der Waals surface area (Å²) in [5.74, 6) is 0.522. The van der Waals surface area contributed by atoms with Gasteiger partial charge >= 0.3 is 0 Å². The fraction of sp³-hybridized carbons (Fsp3) is 0.436. The minimum Gasteiger partial charge on any atom is -0.508 e. The molecule has 0 amide bonds. The van der Waals surface area contributed by atoms with E-state index in [4.69, 9.17) is 4.74 Å². The average Bonchev–Trinajstić information content (AvgIpc) is 3.08. The van der Waals surface area contributed by atoms with Crippen molar-refractivity contribution in [3.63, 3.8) is 0 Å². The molecule has 2 saturated heterocycles. The van der Waals surface area contributed by atoms with Gasteiger partial charge in [-0.05, 0) is 115 Å². The van der Waals surface area contributed by atoms with Gasteiger partial charge in [0, 0.05) is 5.56 Å². The maximum absolute atomic E-state index is 10.3. The Morgan fingerprint density at radius 1 is 0.891 bits per heavy atom. The molecule has 46 heavy (non-hydrogen) atoms. The van der Waals surface area contributed by atoms with Gasteiger partial charge in [0.1, 0.15) is 30.2 Å². The highest BCUT2D eigenvalue weighted by atomic mass is 16.5. The maximum atomic E-state index is 10.3. The van der Waals surface area contributed by atoms with Gasteiger partial charge in [-0.25, -0.2) is 0 Å². The number of ether oxygens (including phenoxy) is 1. The van der Waals surface area contributed by atoms with E-state index in [2.05, 4.69) is 60.5 Å². The number of allylic oxidation sites excluding steroid dienone is 3. The van der Waals surface area contributed by atoms with Crippen LogP contribution in [0.5, 0.6) is 0 Å². The predicted octanol–water partition coefficient (Wildman–Crippen LogP) is 6.45. The summed E-state index contributed by atoms with van der Waals surface area (Å²) in [6, 6.07) is 19.1. The molecule has 5 rings (SSSR count). The highest BCUT2D eigenvalue weighted by Gasteiger charge is 2.42. The van der Waals surface area contributed by atoms with Crippen molar-refractivity contribution in [1.29, 1.82) is 0 Å². The van der Waals surface area contributed by atoms with Crippen LogP contribution in [0.4, 0.5) is 0 Å². The van der Waals surface area contributed by atoms with Crippen LogP contribution < -0.4 is 0 Å². The highest BCUT2D eigenvalue weighted by Crippen LogP contribution is 2.36. The number of aliphatic hydroxyl groups excluding tert-OH is 5. The van der Waals surface area contributed by atoms with Gasteiger partial charge < -0.3 is 35.2 Å². The van der Waals surface area contributed by atoms with Crippen molar-refractivity contribution in [3.05, 3.63) is 96.6 Å². The Morgan fingerprint density at radius 2 is 1.54 bits per heavy atom. The molecular formula is C39H51NO6. The summed E-state index contributed by atoms with van der Waals surface area (Å²) in [6.07, 6.45) is 2.18. The van der Waals surface area contributed by atoms with E-state index < -0.39 is 37.1 Å². The molecule has 0 aromatic heterocycles. The molecule has 5 atom stereocenters. The second kappa shape index (κ2) is 16.5. The molecule has 0 aliphatic carbocycles. The maximum Gasteiger partial charge on any atom is 0.115 e. The number of benzene rings is 3. The third kappa shape index (κ3) is 8.15. The van der Waals surface area contributed by atoms with Crippen LogP contribution in [0.3, 0.4) is 0 Å². The van der Waals surface area contributed by atoms with Crippen LogP contribution in [-0.4, -0.2) is 87.2 Å². The number of aliphatic hydroxyl groups is 5. The summed E-state index contributed by atoms with van der Waals surface area (Å²) in [6.45, 7) is 16.3. The molecule has 7 heteroatoms. The van der Waals surface area contributed by atoms with Crippen molar-refractivity contribution in [3.8, 4) is 11.1 Å². The third-order valence-electron chi connectivity index (χ3n) is 9.26. The lowest BCUT2D eigenvalue weighted by Crippen LogP contribution is -2.58. The Balaban J connectivity index is 0.00000235. The third-order valence-corrected chi connectivity index (χ3v) is 9.26. The molecule has 2 aliphatic rings. The summed E-state index contributed by atoms with van der Waals surface area (Å²) in [5.41, 5.74) is 6.14. The van der Waals surface area contributed by atoms with E-state index in [1.165, 1.54) is 5.56 Å². The van der Waals surface area contributed by atoms with E-state index in [0.29, 0.717) is 17.9 Å². The van der Waals surface area contributed by atoms with Gasteiger partial charge in [0.2, 0.25) is 0 Å². The van der Waals surface area contributed by atoms with Crippen LogP contribution >= 0.6 is 0 Å². The monoisotopic (exact) mass is 629 g/mol. The minimum absolute atomic E-state index is 0.0439. The molecule has 0 spiro atoms. The zero-order valence-corrected chi connectivity index (χ0v) is 27.5. The topological polar surface area (TPSA) is 114 Å². The lowest BCUT2D eigenvalue weighted by molar-refractivity contribution is -0.230. The Kier molecular flexibility index (Phi) is 12.8. The van der Waals surface area contributed by atoms with Crippen LogP contribution in [0.1, 0.15) is 69.1 Å². The van der Waals surface area contributed by atoms with E-state index in [1.807, 2.05) is 45.1 Å². The Hall–Kier alpha value is -3.30. The molecule has 5 N–H and O–H groups in total. The normalized spacial score (nSPS) is 24.1. The zero-order valence-electron chi connectivity index (χ0n) is 27.5. The number of hydrogen-bond donors (Lipinski definition) is 5. The second-order valence-corrected chi connectivity index (χ2v) is 12.2. The SMILES string of the molecule is C=C(O)c1cc(-c2ccc(C3CCN(CCCC4OC(CO)C(O)C(O)C4O)CC3)cc2)c2ccc(C(=C)/C=C\C)cc2c1.CC. The highest BCUT2D eigenvalue weighted by molar-refractivity contribution is 6.00. The van der Waals surface area contributed by atoms with Crippen molar-refractivity contribution in [2.75, 3.05) is 26.2 Å². The average molecular weight is 630 g/mol. The number of fused-ring (bicyclic) bond motifs is 1. The van der Waals surface area contributed by atoms with E-state index in [1.54, 1.807) is 0 Å². The van der Waals surface area contributed by atoms with Gasteiger partial charge in [-0.15, -0.1) is 0 Å². The minimum atomic E-state index is -1.31. The molecule has 0 radical (unpaired) electrons. The van der Waals surface area contributed by atoms with E-state index >= 15 is 0 Å². The largest absolute Gasteiger partial charge is 0.508 e. The van der Waals surface area contributed by atoms with Crippen molar-refractivity contribution in [2.45, 2.75) is 82.9 Å². The summed E-state index contributed by atoms with van der Waals surface area (Å²) in [7, 11) is 0. The van der Waals surface area contributed by atoms with Gasteiger partial charge in [0.15, 0.2) is 0 Å². The lowest BCUT2D eigenvalue weighted by Gasteiger charge is -2.40. The van der Waals surface area contributed by atoms with Crippen LogP contribution in [-0.2, 0) is 4.74 Å². The predicted molar refractivity (Wildman–Crippen MR) is 188 cm³/mol. The number of likely N-dealkylation sites (tertiary alicyclic amines) is 1. The first-order valence-electron chi connectivity index (χ1n) is 16.6. The standard InChI is InChI=1S/C37H45NO6.C2H6/c1-4-6-23(2)28-12-13-31-30(19-28)20-29(24(3)40)21-32(31)27-10-8-25(9-11-27)26-14-17-38(18-15-26)16-5-7-33-35(41)37(43)36(42)34(22-39)44-33;1-2/h4,6,8-13,19-21,26,33-37,39-43H,2-3,5,7,14-18,22H2,1H3;1-2H3/b6-4-;. The van der Waals surface area contributed by atoms with Gasteiger partial charge in [-0.1, -0.05) is 75.6 Å². The molecule has 2 heterocycles. The summed E-state index contributed by atoms with van der Waals surface area (Å²) >= 11 is 0. The fourth-order valence-electron chi connectivity index (χ4n) is 6.63. The van der Waals surface area contributed by atoms with Crippen LogP contribution in [0.2, 0.25) is 0 Å². The summed E-state index contributed by atoms with van der Waals surface area (Å²) in [4.78, 5) is 2.42. The van der Waals surface area contributed by atoms with Crippen molar-refractivity contribution < 1.29 is 30.3 Å². The van der Waals surface area contributed by atoms with Crippen molar-refractivity contribution in [2.24, 2.45) is 0 Å². The number of hydrogen-bond acceptors (Lipinski definition) is 7. The fourth-order valence-corrected chi connectivity index (χ4v) is 6.63. The molecule has 2 aliphatic heterocycles. The zero-order chi connectivity index (χ0) is 33.4. The van der Waals surface area contributed by atoms with Gasteiger partial charge in [-0.3, -0.25) is 0 Å². The van der Waals surface area contributed by atoms with Crippen LogP contribution in [0.15, 0.2) is 79.9 Å². The molecule has 0 saturated carbocycles. The van der Waals surface area contributed by atoms with E-state index in [-0.39, 0.29) is 5.76 Å². The van der Waals surface area contributed by atoms with E-state index in [9.17, 15) is 25.5 Å². The molecule has 3 aromatic rings. The number of nitrogens with zero attached hydrogens (tertiary/aromatic N) is 1. The molecule has 7 nitrogen and oxygen atoms in total. The molecule has 3 aromatic carbocycles. The van der Waals surface area contributed by atoms with Crippen molar-refractivity contribution in [1.82, 2.24) is 4.90 Å². The summed E-state index contributed by atoms with van der Waals surface area (Å²) < 4.78 is 5.65. The first-order chi connectivity index (χ1) is 22.2. The lowest BCUT2D eigenvalue weighted by atomic mass is 9.87. The quantitative estimate of drug-likeness (QED) is 0.129. The van der Waals surface area contributed by atoms with Crippen LogP contribution in [0.25, 0.3) is 33.2 Å². The molecule has 2 fully saturated rings. The summed E-state index contributed by atoms with van der Waals surface area (Å²) in [5, 5.41) is 52.1. The number of rotatable bonds is 10. The van der Waals surface area contributed by atoms with E-state index in [0.717, 1.165) is 71.9 Å². The van der Waals surface area contributed by atoms with Crippen LogP contribution in [0, 0.1) is 0 Å². The molecule has 5 unspecified atom stereocenters. The number of piperidine rings is 1. The molecule has 248 valence electrons. The van der Waals surface area contributed by atoms with Gasteiger partial charge in [0.05, 0.1) is 12.7 Å². The Morgan fingerprint density at radius 3 is 2.17 bits per heavy atom. The Bertz CT molecular complexity index is 1490. The molecular weight excluding hydrogens is 578 g/mol. The Labute approximate surface area is 273 Å². The first kappa shape index (κ1) is 35.6. The second-order valence-electron chi connectivity index (χ2n) is 12.2. The van der Waals surface area contributed by atoms with Gasteiger partial charge in [-0.2, -0.15) is 0 Å². The smallest absolute Gasteiger partial charge is 0.115 e. The van der Waals surface area contributed by atoms with Crippen molar-refractivity contribution >= 4 is 22.1 Å². The molecule has 0 bridgehead atoms. The van der Waals surface area contributed by atoms with Gasteiger partial charge in [0.25, 0.3) is 0 Å².